The van der Waals surface area contributed by atoms with E-state index in [-0.39, 0.29) is 5.78 Å². The van der Waals surface area contributed by atoms with Crippen LogP contribution in [0.5, 0.6) is 17.2 Å². The van der Waals surface area contributed by atoms with Crippen molar-refractivity contribution in [2.75, 3.05) is 14.2 Å². The van der Waals surface area contributed by atoms with E-state index in [9.17, 15) is 9.59 Å². The van der Waals surface area contributed by atoms with Crippen molar-refractivity contribution >= 4 is 17.8 Å². The molecule has 0 heterocycles. The minimum atomic E-state index is -0.552. The number of rotatable bonds is 7. The lowest BCUT2D eigenvalue weighted by Crippen LogP contribution is -2.03. The van der Waals surface area contributed by atoms with Crippen molar-refractivity contribution in [3.63, 3.8) is 0 Å². The molecule has 0 amide bonds. The average molecular weight is 338 g/mol. The topological polar surface area (TPSA) is 61.8 Å². The quantitative estimate of drug-likeness (QED) is 0.333. The van der Waals surface area contributed by atoms with E-state index >= 15 is 0 Å². The Morgan fingerprint density at radius 2 is 1.64 bits per heavy atom. The molecule has 0 spiro atoms. The van der Waals surface area contributed by atoms with Crippen LogP contribution >= 0.6 is 0 Å². The maximum atomic E-state index is 12.3. The van der Waals surface area contributed by atoms with Crippen molar-refractivity contribution < 1.29 is 23.8 Å². The molecule has 0 aliphatic heterocycles. The van der Waals surface area contributed by atoms with Crippen molar-refractivity contribution in [2.24, 2.45) is 0 Å². The third kappa shape index (κ3) is 4.81. The maximum Gasteiger partial charge on any atom is 0.335 e. The molecule has 0 unspecified atom stereocenters. The summed E-state index contributed by atoms with van der Waals surface area (Å²) in [6.45, 7) is 3.33. The fraction of sp³-hybridized carbons (Fsp3) is 0.100. The molecule has 0 atom stereocenters. The van der Waals surface area contributed by atoms with Gasteiger partial charge in [0.2, 0.25) is 0 Å². The molecular weight excluding hydrogens is 320 g/mol. The van der Waals surface area contributed by atoms with Crippen LogP contribution in [0.1, 0.15) is 15.9 Å². The molecule has 0 aliphatic carbocycles. The molecular formula is C20H18O5. The summed E-state index contributed by atoms with van der Waals surface area (Å²) >= 11 is 0. The second kappa shape index (κ2) is 8.49. The minimum Gasteiger partial charge on any atom is -0.497 e. The molecule has 5 nitrogen and oxygen atoms in total. The molecule has 0 aliphatic rings. The number of esters is 1. The van der Waals surface area contributed by atoms with Crippen molar-refractivity contribution in [2.45, 2.75) is 0 Å². The van der Waals surface area contributed by atoms with Gasteiger partial charge in [-0.05, 0) is 54.6 Å². The first-order valence-corrected chi connectivity index (χ1v) is 7.46. The number of methoxy groups -OCH3 is 2. The number of hydrogen-bond donors (Lipinski definition) is 0. The fourth-order valence-electron chi connectivity index (χ4n) is 2.08. The molecule has 0 saturated carbocycles. The molecule has 2 aromatic carbocycles. The number of ketones is 1. The second-order valence-corrected chi connectivity index (χ2v) is 4.96. The number of carbonyl (C=O) groups excluding carboxylic acids is 2. The van der Waals surface area contributed by atoms with Gasteiger partial charge in [-0.2, -0.15) is 0 Å². The van der Waals surface area contributed by atoms with Crippen molar-refractivity contribution in [1.29, 1.82) is 0 Å². The monoisotopic (exact) mass is 338 g/mol. The van der Waals surface area contributed by atoms with Crippen LogP contribution in [0.4, 0.5) is 0 Å². The van der Waals surface area contributed by atoms with Gasteiger partial charge in [0.25, 0.3) is 0 Å². The Morgan fingerprint density at radius 1 is 0.960 bits per heavy atom. The summed E-state index contributed by atoms with van der Waals surface area (Å²) in [5.74, 6) is 0.910. The summed E-state index contributed by atoms with van der Waals surface area (Å²) in [4.78, 5) is 23.4. The Labute approximate surface area is 146 Å². The molecule has 0 saturated heterocycles. The minimum absolute atomic E-state index is 0.188. The molecule has 0 radical (unpaired) electrons. The van der Waals surface area contributed by atoms with E-state index < -0.39 is 5.97 Å². The van der Waals surface area contributed by atoms with Crippen LogP contribution in [0, 0.1) is 0 Å². The number of ether oxygens (including phenoxy) is 3. The Morgan fingerprint density at radius 3 is 2.24 bits per heavy atom. The summed E-state index contributed by atoms with van der Waals surface area (Å²) in [5.41, 5.74) is 1.20. The molecule has 0 bridgehead atoms. The molecule has 2 rings (SSSR count). The first kappa shape index (κ1) is 18.0. The van der Waals surface area contributed by atoms with Gasteiger partial charge in [0.05, 0.1) is 14.2 Å². The lowest BCUT2D eigenvalue weighted by molar-refractivity contribution is -0.128. The highest BCUT2D eigenvalue weighted by Crippen LogP contribution is 2.25. The summed E-state index contributed by atoms with van der Waals surface area (Å²) < 4.78 is 15.4. The predicted octanol–water partition coefficient (Wildman–Crippen LogP) is 3.69. The number of hydrogen-bond acceptors (Lipinski definition) is 5. The van der Waals surface area contributed by atoms with Crippen LogP contribution in [0.15, 0.2) is 61.2 Å². The summed E-state index contributed by atoms with van der Waals surface area (Å²) in [7, 11) is 3.13. The van der Waals surface area contributed by atoms with E-state index in [1.54, 1.807) is 62.8 Å². The Bertz CT molecular complexity index is 803. The maximum absolute atomic E-state index is 12.3. The smallest absolute Gasteiger partial charge is 0.335 e. The van der Waals surface area contributed by atoms with Crippen LogP contribution in [0.2, 0.25) is 0 Å². The van der Waals surface area contributed by atoms with Crippen LogP contribution in [-0.4, -0.2) is 26.0 Å². The number of carbonyl (C=O) groups is 2. The number of allylic oxidation sites excluding steroid dienone is 1. The van der Waals surface area contributed by atoms with Gasteiger partial charge in [-0.15, -0.1) is 0 Å². The highest BCUT2D eigenvalue weighted by atomic mass is 16.5. The van der Waals surface area contributed by atoms with E-state index in [2.05, 4.69) is 6.58 Å². The lowest BCUT2D eigenvalue weighted by atomic mass is 10.1. The van der Waals surface area contributed by atoms with Gasteiger partial charge in [0.15, 0.2) is 5.78 Å². The van der Waals surface area contributed by atoms with E-state index in [1.165, 1.54) is 6.08 Å². The van der Waals surface area contributed by atoms with Crippen LogP contribution in [0.25, 0.3) is 6.08 Å². The third-order valence-electron chi connectivity index (χ3n) is 3.38. The van der Waals surface area contributed by atoms with Crippen molar-refractivity contribution in [3.05, 3.63) is 72.3 Å². The molecule has 5 heteroatoms. The Kier molecular flexibility index (Phi) is 6.12. The van der Waals surface area contributed by atoms with E-state index in [1.807, 2.05) is 0 Å². The van der Waals surface area contributed by atoms with Crippen LogP contribution < -0.4 is 14.2 Å². The van der Waals surface area contributed by atoms with Gasteiger partial charge in [-0.1, -0.05) is 6.58 Å². The molecule has 0 aromatic heterocycles. The molecule has 0 fully saturated rings. The standard InChI is InChI=1S/C20H18O5/c1-4-20(22)25-16-8-5-14(6-9-16)18(21)11-7-15-13-17(23-2)10-12-19(15)24-3/h4-13H,1H2,2-3H3/b11-7+. The van der Waals surface area contributed by atoms with Gasteiger partial charge in [0.1, 0.15) is 17.2 Å². The van der Waals surface area contributed by atoms with Crippen LogP contribution in [0.3, 0.4) is 0 Å². The van der Waals surface area contributed by atoms with E-state index in [0.717, 1.165) is 11.6 Å². The van der Waals surface area contributed by atoms with Crippen molar-refractivity contribution in [3.8, 4) is 17.2 Å². The van der Waals surface area contributed by atoms with Gasteiger partial charge >= 0.3 is 5.97 Å². The third-order valence-corrected chi connectivity index (χ3v) is 3.38. The van der Waals surface area contributed by atoms with Gasteiger partial charge < -0.3 is 14.2 Å². The molecule has 128 valence electrons. The van der Waals surface area contributed by atoms with E-state index in [0.29, 0.717) is 22.8 Å². The number of benzene rings is 2. The largest absolute Gasteiger partial charge is 0.497 e. The van der Waals surface area contributed by atoms with Gasteiger partial charge in [-0.3, -0.25) is 4.79 Å². The first-order valence-electron chi connectivity index (χ1n) is 7.46. The zero-order chi connectivity index (χ0) is 18.2. The summed E-state index contributed by atoms with van der Waals surface area (Å²) in [5, 5.41) is 0. The zero-order valence-electron chi connectivity index (χ0n) is 14.0. The molecule has 2 aromatic rings. The Hall–Kier alpha value is -3.34. The normalized spacial score (nSPS) is 10.3. The van der Waals surface area contributed by atoms with Crippen molar-refractivity contribution in [1.82, 2.24) is 0 Å². The predicted molar refractivity (Wildman–Crippen MR) is 95.2 cm³/mol. The van der Waals surface area contributed by atoms with E-state index in [4.69, 9.17) is 14.2 Å². The Balaban J connectivity index is 2.15. The summed E-state index contributed by atoms with van der Waals surface area (Å²) in [6, 6.07) is 11.6. The molecule has 0 N–H and O–H groups in total. The summed E-state index contributed by atoms with van der Waals surface area (Å²) in [6.07, 6.45) is 4.18. The second-order valence-electron chi connectivity index (χ2n) is 4.96. The van der Waals surface area contributed by atoms with Gasteiger partial charge in [0, 0.05) is 17.2 Å². The fourth-order valence-corrected chi connectivity index (χ4v) is 2.08. The lowest BCUT2D eigenvalue weighted by Gasteiger charge is -2.07. The highest BCUT2D eigenvalue weighted by Gasteiger charge is 2.06. The SMILES string of the molecule is C=CC(=O)Oc1ccc(C(=O)/C=C/c2cc(OC)ccc2OC)cc1. The first-order chi connectivity index (χ1) is 12.1. The highest BCUT2D eigenvalue weighted by molar-refractivity contribution is 6.07. The average Bonchev–Trinajstić information content (AvgIpc) is 2.66. The molecule has 25 heavy (non-hydrogen) atoms. The zero-order valence-corrected chi connectivity index (χ0v) is 14.0. The van der Waals surface area contributed by atoms with Crippen LogP contribution in [-0.2, 0) is 4.79 Å². The van der Waals surface area contributed by atoms with Gasteiger partial charge in [-0.25, -0.2) is 4.79 Å².